The zero-order valence-electron chi connectivity index (χ0n) is 10.0. The zero-order valence-corrected chi connectivity index (χ0v) is 13.0. The Hall–Kier alpha value is -0.690. The largest absolute Gasteiger partial charge is 0.271 e. The van der Waals surface area contributed by atoms with Gasteiger partial charge in [0.1, 0.15) is 5.82 Å². The van der Waals surface area contributed by atoms with Crippen molar-refractivity contribution < 1.29 is 4.39 Å². The summed E-state index contributed by atoms with van der Waals surface area (Å²) in [5.41, 5.74) is 4.29. The van der Waals surface area contributed by atoms with Crippen LogP contribution in [0.1, 0.15) is 17.2 Å². The number of benzene rings is 2. The standard InChI is InChI=1S/C14H13ClFIN2/c15-12-3-1-2-10(14(12)16)8-13(19-18)9-4-6-11(17)7-5-9/h1-7,13,19H,8,18H2. The summed E-state index contributed by atoms with van der Waals surface area (Å²) < 4.78 is 15.0. The average Bonchev–Trinajstić information content (AvgIpc) is 2.42. The van der Waals surface area contributed by atoms with Gasteiger partial charge in [0.2, 0.25) is 0 Å². The molecular formula is C14H13ClFIN2. The molecule has 1 unspecified atom stereocenters. The Balaban J connectivity index is 2.24. The molecule has 0 heterocycles. The van der Waals surface area contributed by atoms with Gasteiger partial charge in [-0.1, -0.05) is 35.9 Å². The predicted octanol–water partition coefficient (Wildman–Crippen LogP) is 3.83. The molecule has 0 aliphatic carbocycles. The van der Waals surface area contributed by atoms with Gasteiger partial charge < -0.3 is 0 Å². The van der Waals surface area contributed by atoms with E-state index in [-0.39, 0.29) is 16.9 Å². The number of hydrogen-bond donors (Lipinski definition) is 2. The van der Waals surface area contributed by atoms with E-state index in [4.69, 9.17) is 17.4 Å². The topological polar surface area (TPSA) is 38.0 Å². The van der Waals surface area contributed by atoms with Crippen LogP contribution in [-0.2, 0) is 6.42 Å². The van der Waals surface area contributed by atoms with E-state index >= 15 is 0 Å². The van der Waals surface area contributed by atoms with Gasteiger partial charge in [-0.2, -0.15) is 0 Å². The van der Waals surface area contributed by atoms with Gasteiger partial charge in [0, 0.05) is 3.57 Å². The molecule has 0 radical (unpaired) electrons. The van der Waals surface area contributed by atoms with Crippen molar-refractivity contribution in [2.45, 2.75) is 12.5 Å². The fourth-order valence-corrected chi connectivity index (χ4v) is 2.45. The average molecular weight is 391 g/mol. The molecule has 0 amide bonds. The molecule has 0 aromatic heterocycles. The third kappa shape index (κ3) is 3.66. The minimum absolute atomic E-state index is 0.135. The lowest BCUT2D eigenvalue weighted by Gasteiger charge is -2.17. The van der Waals surface area contributed by atoms with E-state index in [1.54, 1.807) is 12.1 Å². The Labute approximate surface area is 130 Å². The van der Waals surface area contributed by atoms with Crippen LogP contribution in [0.4, 0.5) is 4.39 Å². The lowest BCUT2D eigenvalue weighted by atomic mass is 9.99. The van der Waals surface area contributed by atoms with Crippen molar-refractivity contribution in [3.05, 3.63) is 68.0 Å². The monoisotopic (exact) mass is 390 g/mol. The van der Waals surface area contributed by atoms with Gasteiger partial charge in [-0.15, -0.1) is 0 Å². The Morgan fingerprint density at radius 1 is 1.21 bits per heavy atom. The first-order chi connectivity index (χ1) is 9.11. The van der Waals surface area contributed by atoms with Gasteiger partial charge in [0.05, 0.1) is 11.1 Å². The molecule has 0 fully saturated rings. The molecule has 0 saturated carbocycles. The van der Waals surface area contributed by atoms with Crippen molar-refractivity contribution in [2.75, 3.05) is 0 Å². The van der Waals surface area contributed by atoms with E-state index in [0.717, 1.165) is 9.13 Å². The number of rotatable bonds is 4. The van der Waals surface area contributed by atoms with Crippen LogP contribution in [0.15, 0.2) is 42.5 Å². The second kappa shape index (κ2) is 6.65. The molecule has 0 aliphatic heterocycles. The molecule has 3 N–H and O–H groups in total. The van der Waals surface area contributed by atoms with E-state index in [0.29, 0.717) is 12.0 Å². The molecule has 1 atom stereocenters. The van der Waals surface area contributed by atoms with Gasteiger partial charge in [-0.3, -0.25) is 11.3 Å². The van der Waals surface area contributed by atoms with Crippen LogP contribution in [0.5, 0.6) is 0 Å². The van der Waals surface area contributed by atoms with Crippen molar-refractivity contribution in [3.8, 4) is 0 Å². The van der Waals surface area contributed by atoms with Gasteiger partial charge in [-0.25, -0.2) is 4.39 Å². The summed E-state index contributed by atoms with van der Waals surface area (Å²) in [4.78, 5) is 0. The molecule has 19 heavy (non-hydrogen) atoms. The fourth-order valence-electron chi connectivity index (χ4n) is 1.89. The van der Waals surface area contributed by atoms with Crippen molar-refractivity contribution in [2.24, 2.45) is 5.84 Å². The van der Waals surface area contributed by atoms with Crippen LogP contribution >= 0.6 is 34.2 Å². The normalized spacial score (nSPS) is 12.4. The van der Waals surface area contributed by atoms with Crippen LogP contribution in [0.25, 0.3) is 0 Å². The maximum atomic E-state index is 13.9. The SMILES string of the molecule is NNC(Cc1cccc(Cl)c1F)c1ccc(I)cc1. The van der Waals surface area contributed by atoms with Gasteiger partial charge in [0.15, 0.2) is 0 Å². The molecule has 0 aliphatic rings. The molecule has 2 aromatic carbocycles. The Morgan fingerprint density at radius 3 is 2.53 bits per heavy atom. The third-order valence-electron chi connectivity index (χ3n) is 2.93. The maximum Gasteiger partial charge on any atom is 0.145 e. The summed E-state index contributed by atoms with van der Waals surface area (Å²) in [6.45, 7) is 0. The van der Waals surface area contributed by atoms with Crippen LogP contribution in [0, 0.1) is 9.39 Å². The second-order valence-electron chi connectivity index (χ2n) is 4.19. The smallest absolute Gasteiger partial charge is 0.145 e. The number of nitrogens with two attached hydrogens (primary N) is 1. The number of halogens is 3. The number of hydrazine groups is 1. The molecule has 2 rings (SSSR count). The minimum atomic E-state index is -0.380. The second-order valence-corrected chi connectivity index (χ2v) is 5.84. The first-order valence-electron chi connectivity index (χ1n) is 5.76. The van der Waals surface area contributed by atoms with Crippen LogP contribution in [-0.4, -0.2) is 0 Å². The zero-order chi connectivity index (χ0) is 13.8. The van der Waals surface area contributed by atoms with Gasteiger partial charge in [-0.05, 0) is 58.3 Å². The lowest BCUT2D eigenvalue weighted by Crippen LogP contribution is -2.29. The van der Waals surface area contributed by atoms with E-state index < -0.39 is 0 Å². The van der Waals surface area contributed by atoms with Crippen molar-refractivity contribution >= 4 is 34.2 Å². The quantitative estimate of drug-likeness (QED) is 0.473. The summed E-state index contributed by atoms with van der Waals surface area (Å²) in [5.74, 6) is 5.19. The summed E-state index contributed by atoms with van der Waals surface area (Å²) in [6.07, 6.45) is 0.448. The van der Waals surface area contributed by atoms with E-state index in [9.17, 15) is 4.39 Å². The van der Waals surface area contributed by atoms with Crippen molar-refractivity contribution in [1.29, 1.82) is 0 Å². The van der Waals surface area contributed by atoms with E-state index in [2.05, 4.69) is 28.0 Å². The summed E-state index contributed by atoms with van der Waals surface area (Å²) in [5, 5.41) is 0.135. The molecule has 5 heteroatoms. The lowest BCUT2D eigenvalue weighted by molar-refractivity contribution is 0.529. The van der Waals surface area contributed by atoms with Crippen LogP contribution < -0.4 is 11.3 Å². The van der Waals surface area contributed by atoms with Crippen LogP contribution in [0.2, 0.25) is 5.02 Å². The fraction of sp³-hybridized carbons (Fsp3) is 0.143. The van der Waals surface area contributed by atoms with Crippen molar-refractivity contribution in [3.63, 3.8) is 0 Å². The first-order valence-corrected chi connectivity index (χ1v) is 7.22. The van der Waals surface area contributed by atoms with E-state index in [1.807, 2.05) is 24.3 Å². The first kappa shape index (κ1) is 14.7. The van der Waals surface area contributed by atoms with Gasteiger partial charge in [0.25, 0.3) is 0 Å². The minimum Gasteiger partial charge on any atom is -0.271 e. The van der Waals surface area contributed by atoms with E-state index in [1.165, 1.54) is 6.07 Å². The summed E-state index contributed by atoms with van der Waals surface area (Å²) >= 11 is 8.02. The molecular weight excluding hydrogens is 378 g/mol. The molecule has 100 valence electrons. The molecule has 0 bridgehead atoms. The molecule has 2 nitrogen and oxygen atoms in total. The highest BCUT2D eigenvalue weighted by atomic mass is 127. The Morgan fingerprint density at radius 2 is 1.89 bits per heavy atom. The Kier molecular flexibility index (Phi) is 5.15. The molecule has 0 spiro atoms. The highest BCUT2D eigenvalue weighted by Crippen LogP contribution is 2.24. The Bertz CT molecular complexity index is 560. The highest BCUT2D eigenvalue weighted by Gasteiger charge is 2.14. The third-order valence-corrected chi connectivity index (χ3v) is 3.94. The van der Waals surface area contributed by atoms with Crippen LogP contribution in [0.3, 0.4) is 0 Å². The summed E-state index contributed by atoms with van der Waals surface area (Å²) in [7, 11) is 0. The maximum absolute atomic E-state index is 13.9. The predicted molar refractivity (Wildman–Crippen MR) is 84.3 cm³/mol. The molecule has 2 aromatic rings. The molecule has 0 saturated heterocycles. The highest BCUT2D eigenvalue weighted by molar-refractivity contribution is 14.1. The summed E-state index contributed by atoms with van der Waals surface area (Å²) in [6, 6.07) is 12.8. The number of hydrogen-bond acceptors (Lipinski definition) is 2. The van der Waals surface area contributed by atoms with Crippen molar-refractivity contribution in [1.82, 2.24) is 5.43 Å². The number of nitrogens with one attached hydrogen (secondary N) is 1. The van der Waals surface area contributed by atoms with Gasteiger partial charge >= 0.3 is 0 Å².